The summed E-state index contributed by atoms with van der Waals surface area (Å²) in [7, 11) is 0. The van der Waals surface area contributed by atoms with Crippen molar-refractivity contribution in [1.82, 2.24) is 5.32 Å². The molecule has 120 valence electrons. The summed E-state index contributed by atoms with van der Waals surface area (Å²) < 4.78 is 10.2. The molecule has 1 aromatic rings. The normalized spacial score (nSPS) is 15.8. The predicted molar refractivity (Wildman–Crippen MR) is 82.8 cm³/mol. The highest BCUT2D eigenvalue weighted by atomic mass is 35.5. The van der Waals surface area contributed by atoms with Gasteiger partial charge < -0.3 is 14.8 Å². The maximum atomic E-state index is 12.4. The minimum absolute atomic E-state index is 0.257. The molecule has 1 amide bonds. The van der Waals surface area contributed by atoms with Gasteiger partial charge in [-0.25, -0.2) is 9.59 Å². The number of nitrogens with one attached hydrogen (secondary N) is 1. The van der Waals surface area contributed by atoms with Gasteiger partial charge in [0.05, 0.1) is 0 Å². The van der Waals surface area contributed by atoms with E-state index in [9.17, 15) is 9.59 Å². The van der Waals surface area contributed by atoms with Crippen LogP contribution >= 0.6 is 11.6 Å². The third-order valence-electron chi connectivity index (χ3n) is 3.42. The molecule has 0 saturated carbocycles. The topological polar surface area (TPSA) is 64.6 Å². The summed E-state index contributed by atoms with van der Waals surface area (Å²) >= 11 is 5.50. The van der Waals surface area contributed by atoms with E-state index in [4.69, 9.17) is 21.1 Å². The van der Waals surface area contributed by atoms with E-state index in [-0.39, 0.29) is 6.07 Å². The summed E-state index contributed by atoms with van der Waals surface area (Å²) in [4.78, 5) is 24.5. The molecule has 0 atom stereocenters. The number of hydrogen-bond acceptors (Lipinski definition) is 4. The van der Waals surface area contributed by atoms with Crippen LogP contribution in [0, 0.1) is 0 Å². The molecule has 1 aliphatic carbocycles. The lowest BCUT2D eigenvalue weighted by atomic mass is 9.96. The van der Waals surface area contributed by atoms with E-state index in [0.29, 0.717) is 12.8 Å². The number of rotatable bonds is 3. The largest absolute Gasteiger partial charge is 0.448 e. The fraction of sp³-hybridized carbons (Fsp3) is 0.500. The smallest absolute Gasteiger partial charge is 0.408 e. The SMILES string of the molecule is CC(C)(C)OC(=O)NC1(C(=O)OCCl)Cc2ccccc2C1. The van der Waals surface area contributed by atoms with Gasteiger partial charge in [-0.15, -0.1) is 0 Å². The Morgan fingerprint density at radius 3 is 2.23 bits per heavy atom. The van der Waals surface area contributed by atoms with E-state index in [2.05, 4.69) is 5.32 Å². The first-order valence-corrected chi connectivity index (χ1v) is 7.60. The van der Waals surface area contributed by atoms with Gasteiger partial charge in [-0.3, -0.25) is 0 Å². The number of carbonyl (C=O) groups excluding carboxylic acids is 2. The molecule has 1 aromatic carbocycles. The Morgan fingerprint density at radius 2 is 1.77 bits per heavy atom. The lowest BCUT2D eigenvalue weighted by Crippen LogP contribution is -2.57. The molecule has 1 N–H and O–H groups in total. The van der Waals surface area contributed by atoms with Crippen LogP contribution in [0.3, 0.4) is 0 Å². The van der Waals surface area contributed by atoms with Crippen LogP contribution in [0.15, 0.2) is 24.3 Å². The van der Waals surface area contributed by atoms with Crippen molar-refractivity contribution < 1.29 is 19.1 Å². The van der Waals surface area contributed by atoms with Crippen molar-refractivity contribution >= 4 is 23.7 Å². The maximum Gasteiger partial charge on any atom is 0.408 e. The van der Waals surface area contributed by atoms with E-state index in [1.165, 1.54) is 0 Å². The Bertz CT molecular complexity index is 555. The number of esters is 1. The second kappa shape index (κ2) is 6.16. The fourth-order valence-electron chi connectivity index (χ4n) is 2.59. The van der Waals surface area contributed by atoms with Gasteiger partial charge in [0.2, 0.25) is 0 Å². The van der Waals surface area contributed by atoms with Crippen molar-refractivity contribution in [2.24, 2.45) is 0 Å². The molecule has 1 aliphatic rings. The Kier molecular flexibility index (Phi) is 4.66. The Labute approximate surface area is 134 Å². The monoisotopic (exact) mass is 325 g/mol. The van der Waals surface area contributed by atoms with Crippen LogP contribution in [0.4, 0.5) is 4.79 Å². The zero-order chi connectivity index (χ0) is 16.4. The number of amides is 1. The molecule has 22 heavy (non-hydrogen) atoms. The molecule has 0 aliphatic heterocycles. The van der Waals surface area contributed by atoms with Crippen molar-refractivity contribution in [3.63, 3.8) is 0 Å². The highest BCUT2D eigenvalue weighted by Gasteiger charge is 2.47. The Balaban J connectivity index is 2.22. The maximum absolute atomic E-state index is 12.4. The van der Waals surface area contributed by atoms with Crippen LogP contribution in [0.1, 0.15) is 31.9 Å². The van der Waals surface area contributed by atoms with Crippen LogP contribution < -0.4 is 5.32 Å². The van der Waals surface area contributed by atoms with Crippen LogP contribution in [0.5, 0.6) is 0 Å². The molecule has 2 rings (SSSR count). The minimum Gasteiger partial charge on any atom is -0.448 e. The summed E-state index contributed by atoms with van der Waals surface area (Å²) in [5.74, 6) is -0.551. The van der Waals surface area contributed by atoms with Crippen molar-refractivity contribution in [1.29, 1.82) is 0 Å². The second-order valence-corrected chi connectivity index (χ2v) is 6.59. The van der Waals surface area contributed by atoms with Gasteiger partial charge in [-0.1, -0.05) is 35.9 Å². The van der Waals surface area contributed by atoms with Crippen molar-refractivity contribution in [3.8, 4) is 0 Å². The number of halogens is 1. The summed E-state index contributed by atoms with van der Waals surface area (Å²) in [5.41, 5.74) is 0.198. The molecule has 0 bridgehead atoms. The van der Waals surface area contributed by atoms with Gasteiger partial charge in [0, 0.05) is 12.8 Å². The Hall–Kier alpha value is -1.75. The minimum atomic E-state index is -1.17. The van der Waals surface area contributed by atoms with E-state index in [1.807, 2.05) is 24.3 Å². The first-order valence-electron chi connectivity index (χ1n) is 7.07. The molecule has 0 unspecified atom stereocenters. The predicted octanol–water partition coefficient (Wildman–Crippen LogP) is 2.79. The van der Waals surface area contributed by atoms with E-state index >= 15 is 0 Å². The summed E-state index contributed by atoms with van der Waals surface area (Å²) in [6.07, 6.45) is 0.0721. The molecule has 0 radical (unpaired) electrons. The van der Waals surface area contributed by atoms with E-state index in [0.717, 1.165) is 11.1 Å². The zero-order valence-electron chi connectivity index (χ0n) is 12.9. The number of carbonyl (C=O) groups is 2. The third-order valence-corrected chi connectivity index (χ3v) is 3.53. The molecular formula is C16H20ClNO4. The third kappa shape index (κ3) is 3.71. The quantitative estimate of drug-likeness (QED) is 0.685. The second-order valence-electron chi connectivity index (χ2n) is 6.37. The fourth-order valence-corrected chi connectivity index (χ4v) is 2.68. The standard InChI is InChI=1S/C16H20ClNO4/c1-15(2,3)22-14(20)18-16(13(19)21-10-17)8-11-6-4-5-7-12(11)9-16/h4-7H,8-10H2,1-3H3,(H,18,20). The van der Waals surface area contributed by atoms with Crippen molar-refractivity contribution in [2.75, 3.05) is 6.07 Å². The number of hydrogen-bond donors (Lipinski definition) is 1. The van der Waals surface area contributed by atoms with Crippen molar-refractivity contribution in [3.05, 3.63) is 35.4 Å². The average Bonchev–Trinajstić information content (AvgIpc) is 2.75. The van der Waals surface area contributed by atoms with Gasteiger partial charge in [-0.05, 0) is 31.9 Å². The lowest BCUT2D eigenvalue weighted by molar-refractivity contribution is -0.149. The zero-order valence-corrected chi connectivity index (χ0v) is 13.7. The highest BCUT2D eigenvalue weighted by Crippen LogP contribution is 2.31. The van der Waals surface area contributed by atoms with E-state index < -0.39 is 23.2 Å². The van der Waals surface area contributed by atoms with E-state index in [1.54, 1.807) is 20.8 Å². The number of ether oxygens (including phenoxy) is 2. The summed E-state index contributed by atoms with van der Waals surface area (Å²) in [6.45, 7) is 5.29. The average molecular weight is 326 g/mol. The number of fused-ring (bicyclic) bond motifs is 1. The summed E-state index contributed by atoms with van der Waals surface area (Å²) in [5, 5.41) is 2.69. The molecular weight excluding hydrogens is 306 g/mol. The van der Waals surface area contributed by atoms with Gasteiger partial charge in [0.15, 0.2) is 6.07 Å². The van der Waals surface area contributed by atoms with Gasteiger partial charge in [0.1, 0.15) is 11.1 Å². The molecule has 0 spiro atoms. The number of benzene rings is 1. The molecule has 5 nitrogen and oxygen atoms in total. The van der Waals surface area contributed by atoms with Gasteiger partial charge >= 0.3 is 12.1 Å². The van der Waals surface area contributed by atoms with Gasteiger partial charge in [-0.2, -0.15) is 0 Å². The number of alkyl halides is 1. The molecule has 0 heterocycles. The van der Waals surface area contributed by atoms with Crippen LogP contribution in [-0.4, -0.2) is 29.3 Å². The van der Waals surface area contributed by atoms with Crippen LogP contribution in [0.2, 0.25) is 0 Å². The molecule has 0 fully saturated rings. The van der Waals surface area contributed by atoms with Gasteiger partial charge in [0.25, 0.3) is 0 Å². The lowest BCUT2D eigenvalue weighted by Gasteiger charge is -2.29. The van der Waals surface area contributed by atoms with Crippen LogP contribution in [0.25, 0.3) is 0 Å². The molecule has 6 heteroatoms. The molecule has 0 saturated heterocycles. The van der Waals surface area contributed by atoms with Crippen molar-refractivity contribution in [2.45, 2.75) is 44.8 Å². The number of alkyl carbamates (subject to hydrolysis) is 1. The first-order chi connectivity index (χ1) is 10.3. The van der Waals surface area contributed by atoms with Crippen LogP contribution in [-0.2, 0) is 27.1 Å². The Morgan fingerprint density at radius 1 is 1.23 bits per heavy atom. The first kappa shape index (κ1) is 16.6. The molecule has 0 aromatic heterocycles. The summed E-state index contributed by atoms with van der Waals surface area (Å²) in [6, 6.07) is 7.40. The highest BCUT2D eigenvalue weighted by molar-refractivity contribution is 6.17.